The van der Waals surface area contributed by atoms with Crippen molar-refractivity contribution in [2.24, 2.45) is 14.1 Å². The molecule has 4 aromatic heterocycles. The van der Waals surface area contributed by atoms with E-state index in [4.69, 9.17) is 4.74 Å². The summed E-state index contributed by atoms with van der Waals surface area (Å²) in [5.41, 5.74) is 5.50. The summed E-state index contributed by atoms with van der Waals surface area (Å²) < 4.78 is 10.4. The molecule has 0 fully saturated rings. The van der Waals surface area contributed by atoms with Crippen molar-refractivity contribution in [3.63, 3.8) is 0 Å². The van der Waals surface area contributed by atoms with Crippen LogP contribution in [0.3, 0.4) is 0 Å². The van der Waals surface area contributed by atoms with Gasteiger partial charge in [0.1, 0.15) is 0 Å². The van der Waals surface area contributed by atoms with Gasteiger partial charge in [-0.3, -0.25) is 18.8 Å². The van der Waals surface area contributed by atoms with Crippen LogP contribution in [0.1, 0.15) is 12.6 Å². The van der Waals surface area contributed by atoms with Crippen molar-refractivity contribution in [2.45, 2.75) is 13.8 Å². The zero-order chi connectivity index (χ0) is 21.7. The van der Waals surface area contributed by atoms with Crippen LogP contribution in [-0.2, 0) is 14.1 Å². The minimum Gasteiger partial charge on any atom is -0.464 e. The number of fused-ring (bicyclic) bond motifs is 3. The Morgan fingerprint density at radius 3 is 2.48 bits per heavy atom. The fourth-order valence-electron chi connectivity index (χ4n) is 3.88. The smallest absolute Gasteiger partial charge is 0.333 e. The monoisotopic (exact) mass is 415 g/mol. The predicted molar refractivity (Wildman–Crippen MR) is 118 cm³/mol. The number of nitrogens with zero attached hydrogens (tertiary/aromatic N) is 7. The molecule has 0 atom stereocenters. The van der Waals surface area contributed by atoms with Crippen molar-refractivity contribution in [3.8, 4) is 22.8 Å². The molecule has 0 radical (unpaired) electrons. The topological polar surface area (TPSA) is 92.7 Å². The lowest BCUT2D eigenvalue weighted by atomic mass is 10.1. The van der Waals surface area contributed by atoms with E-state index in [9.17, 15) is 4.79 Å². The van der Waals surface area contributed by atoms with E-state index in [1.165, 1.54) is 0 Å². The van der Waals surface area contributed by atoms with Gasteiger partial charge in [0, 0.05) is 43.6 Å². The van der Waals surface area contributed by atoms with E-state index < -0.39 is 0 Å². The first kappa shape index (κ1) is 19.0. The predicted octanol–water partition coefficient (Wildman–Crippen LogP) is 2.78. The molecule has 0 saturated heterocycles. The fraction of sp³-hybridized carbons (Fsp3) is 0.227. The van der Waals surface area contributed by atoms with Crippen LogP contribution in [0.15, 0.2) is 47.8 Å². The maximum absolute atomic E-state index is 13.2. The third-order valence-corrected chi connectivity index (χ3v) is 5.35. The first-order chi connectivity index (χ1) is 15.0. The van der Waals surface area contributed by atoms with Crippen molar-refractivity contribution in [1.29, 1.82) is 0 Å². The van der Waals surface area contributed by atoms with Crippen LogP contribution in [0.5, 0.6) is 6.01 Å². The standard InChI is InChI=1S/C22H21N7O2/c1-5-31-21-24-9-15(10-25-21)14-6-7-17-16(8-14)20-18(11-23-17)28(4)22(30)29(20)19-12-27(3)26-13(19)2/h6-12H,5H2,1-4H3. The van der Waals surface area contributed by atoms with Crippen LogP contribution in [-0.4, -0.2) is 40.5 Å². The Morgan fingerprint density at radius 2 is 1.81 bits per heavy atom. The maximum atomic E-state index is 13.2. The lowest BCUT2D eigenvalue weighted by Crippen LogP contribution is -2.21. The van der Waals surface area contributed by atoms with Gasteiger partial charge in [-0.25, -0.2) is 14.8 Å². The van der Waals surface area contributed by atoms with Crippen LogP contribution in [0.2, 0.25) is 0 Å². The highest BCUT2D eigenvalue weighted by Gasteiger charge is 2.19. The molecule has 0 spiro atoms. The summed E-state index contributed by atoms with van der Waals surface area (Å²) >= 11 is 0. The van der Waals surface area contributed by atoms with Gasteiger partial charge in [-0.1, -0.05) is 6.07 Å². The molecule has 0 aliphatic heterocycles. The number of aromatic nitrogens is 7. The Bertz CT molecular complexity index is 1490. The Morgan fingerprint density at radius 1 is 1.03 bits per heavy atom. The van der Waals surface area contributed by atoms with E-state index in [0.29, 0.717) is 12.6 Å². The first-order valence-electron chi connectivity index (χ1n) is 9.94. The molecular weight excluding hydrogens is 394 g/mol. The van der Waals surface area contributed by atoms with E-state index in [1.807, 2.05) is 45.3 Å². The largest absolute Gasteiger partial charge is 0.464 e. The van der Waals surface area contributed by atoms with Gasteiger partial charge < -0.3 is 4.74 Å². The van der Waals surface area contributed by atoms with Crippen LogP contribution in [0.4, 0.5) is 0 Å². The molecular formula is C22H21N7O2. The summed E-state index contributed by atoms with van der Waals surface area (Å²) in [5.74, 6) is 0. The average Bonchev–Trinajstić information content (AvgIpc) is 3.23. The van der Waals surface area contributed by atoms with E-state index in [0.717, 1.165) is 44.4 Å². The highest BCUT2D eigenvalue weighted by Crippen LogP contribution is 2.30. The minimum atomic E-state index is -0.143. The molecule has 1 aromatic carbocycles. The summed E-state index contributed by atoms with van der Waals surface area (Å²) in [6.07, 6.45) is 7.06. The second kappa shape index (κ2) is 7.05. The Hall–Kier alpha value is -4.01. The summed E-state index contributed by atoms with van der Waals surface area (Å²) in [5, 5.41) is 5.28. The van der Waals surface area contributed by atoms with Crippen molar-refractivity contribution < 1.29 is 4.74 Å². The molecule has 9 heteroatoms. The van der Waals surface area contributed by atoms with E-state index in [2.05, 4.69) is 20.1 Å². The lowest BCUT2D eigenvalue weighted by Gasteiger charge is -2.08. The second-order valence-electron chi connectivity index (χ2n) is 7.36. The Balaban J connectivity index is 1.79. The molecule has 31 heavy (non-hydrogen) atoms. The summed E-state index contributed by atoms with van der Waals surface area (Å²) in [4.78, 5) is 26.3. The van der Waals surface area contributed by atoms with Crippen LogP contribution in [0, 0.1) is 6.92 Å². The molecule has 5 rings (SSSR count). The molecule has 9 nitrogen and oxygen atoms in total. The van der Waals surface area contributed by atoms with E-state index in [-0.39, 0.29) is 5.69 Å². The summed E-state index contributed by atoms with van der Waals surface area (Å²) in [6.45, 7) is 4.30. The van der Waals surface area contributed by atoms with Crippen LogP contribution in [0.25, 0.3) is 38.8 Å². The molecule has 156 valence electrons. The zero-order valence-corrected chi connectivity index (χ0v) is 17.7. The number of hydrogen-bond acceptors (Lipinski definition) is 6. The number of pyridine rings is 1. The number of aryl methyl sites for hydroxylation is 3. The molecule has 0 saturated carbocycles. The molecule has 0 N–H and O–H groups in total. The molecule has 0 unspecified atom stereocenters. The SMILES string of the molecule is CCOc1ncc(-c2ccc3ncc4c(c3c2)n(-c2cn(C)nc2C)c(=O)n4C)cn1. The number of ether oxygens (including phenoxy) is 1. The van der Waals surface area contributed by atoms with Gasteiger partial charge in [0.05, 0.1) is 40.7 Å². The van der Waals surface area contributed by atoms with Crippen molar-refractivity contribution in [3.05, 3.63) is 59.2 Å². The van der Waals surface area contributed by atoms with Gasteiger partial charge >= 0.3 is 11.7 Å². The maximum Gasteiger partial charge on any atom is 0.333 e. The summed E-state index contributed by atoms with van der Waals surface area (Å²) in [6, 6.07) is 6.28. The van der Waals surface area contributed by atoms with Gasteiger partial charge in [-0.05, 0) is 31.5 Å². The zero-order valence-electron chi connectivity index (χ0n) is 17.7. The molecule has 5 aromatic rings. The second-order valence-corrected chi connectivity index (χ2v) is 7.36. The van der Waals surface area contributed by atoms with Gasteiger partial charge in [-0.15, -0.1) is 0 Å². The van der Waals surface area contributed by atoms with Crippen molar-refractivity contribution >= 4 is 21.9 Å². The number of imidazole rings is 1. The van der Waals surface area contributed by atoms with Gasteiger partial charge in [0.25, 0.3) is 0 Å². The molecule has 0 aliphatic carbocycles. The van der Waals surface area contributed by atoms with Gasteiger partial charge in [0.15, 0.2) is 0 Å². The van der Waals surface area contributed by atoms with Crippen molar-refractivity contribution in [2.75, 3.05) is 6.61 Å². The summed E-state index contributed by atoms with van der Waals surface area (Å²) in [7, 11) is 3.60. The third-order valence-electron chi connectivity index (χ3n) is 5.35. The van der Waals surface area contributed by atoms with Crippen LogP contribution >= 0.6 is 0 Å². The molecule has 0 amide bonds. The van der Waals surface area contributed by atoms with Gasteiger partial charge in [-0.2, -0.15) is 5.10 Å². The molecule has 4 heterocycles. The average molecular weight is 415 g/mol. The highest BCUT2D eigenvalue weighted by molar-refractivity contribution is 6.04. The van der Waals surface area contributed by atoms with Crippen LogP contribution < -0.4 is 10.4 Å². The normalized spacial score (nSPS) is 11.5. The third kappa shape index (κ3) is 2.97. The Kier molecular flexibility index (Phi) is 4.32. The van der Waals surface area contributed by atoms with E-state index in [1.54, 1.807) is 39.5 Å². The fourth-order valence-corrected chi connectivity index (χ4v) is 3.88. The number of hydrogen-bond donors (Lipinski definition) is 0. The van der Waals surface area contributed by atoms with E-state index >= 15 is 0 Å². The number of benzene rings is 1. The quantitative estimate of drug-likeness (QED) is 0.448. The molecule has 0 bridgehead atoms. The van der Waals surface area contributed by atoms with Gasteiger partial charge in [0.2, 0.25) is 0 Å². The van der Waals surface area contributed by atoms with Crippen molar-refractivity contribution in [1.82, 2.24) is 33.9 Å². The lowest BCUT2D eigenvalue weighted by molar-refractivity contribution is 0.312. The first-order valence-corrected chi connectivity index (χ1v) is 9.94. The Labute approximate surface area is 177 Å². The number of rotatable bonds is 4. The minimum absolute atomic E-state index is 0.143. The molecule has 0 aliphatic rings. The highest BCUT2D eigenvalue weighted by atomic mass is 16.5.